The molecule has 9 atom stereocenters. The smallest absolute Gasteiger partial charge is 0.0610 e. The first-order valence-electron chi connectivity index (χ1n) is 10.6. The van der Waals surface area contributed by atoms with Crippen LogP contribution in [0.4, 0.5) is 0 Å². The number of rotatable bonds is 1. The number of hydrogen-bond acceptors (Lipinski definition) is 2. The van der Waals surface area contributed by atoms with Gasteiger partial charge in [-0.1, -0.05) is 13.8 Å². The lowest BCUT2D eigenvalue weighted by molar-refractivity contribution is -0.0328. The molecule has 5 aliphatic carbocycles. The second-order valence-electron chi connectivity index (χ2n) is 10.8. The molecule has 0 aliphatic heterocycles. The third-order valence-corrected chi connectivity index (χ3v) is 9.99. The molecule has 5 aliphatic rings. The Bertz CT molecular complexity index is 532. The van der Waals surface area contributed by atoms with Crippen molar-refractivity contribution in [2.75, 3.05) is 7.11 Å². The molecule has 5 saturated carbocycles. The number of fused-ring (bicyclic) bond motifs is 3. The minimum absolute atomic E-state index is 0.0272. The third kappa shape index (κ3) is 1.91. The summed E-state index contributed by atoms with van der Waals surface area (Å²) in [5, 5.41) is 10.2. The fraction of sp³-hybridized carbons (Fsp3) is 1.00. The molecule has 0 saturated heterocycles. The zero-order valence-electron chi connectivity index (χ0n) is 15.9. The predicted molar refractivity (Wildman–Crippen MR) is 95.6 cm³/mol. The molecule has 136 valence electrons. The van der Waals surface area contributed by atoms with Crippen molar-refractivity contribution in [3.63, 3.8) is 0 Å². The van der Waals surface area contributed by atoms with E-state index in [0.29, 0.717) is 22.3 Å². The van der Waals surface area contributed by atoms with Gasteiger partial charge in [-0.2, -0.15) is 0 Å². The van der Waals surface area contributed by atoms with Gasteiger partial charge in [0.1, 0.15) is 0 Å². The number of aliphatic hydroxyl groups is 1. The van der Waals surface area contributed by atoms with Crippen LogP contribution in [0.2, 0.25) is 0 Å². The van der Waals surface area contributed by atoms with Crippen LogP contribution in [0.25, 0.3) is 0 Å². The Morgan fingerprint density at radius 3 is 2.42 bits per heavy atom. The van der Waals surface area contributed by atoms with Crippen LogP contribution in [-0.2, 0) is 4.74 Å². The van der Waals surface area contributed by atoms with Gasteiger partial charge in [0, 0.05) is 7.11 Å². The zero-order chi connectivity index (χ0) is 16.7. The molecule has 2 unspecified atom stereocenters. The minimum Gasteiger partial charge on any atom is -0.393 e. The van der Waals surface area contributed by atoms with E-state index >= 15 is 0 Å². The molecule has 0 bridgehead atoms. The van der Waals surface area contributed by atoms with Gasteiger partial charge in [-0.05, 0) is 104 Å². The van der Waals surface area contributed by atoms with Crippen molar-refractivity contribution in [3.8, 4) is 0 Å². The van der Waals surface area contributed by atoms with Gasteiger partial charge in [-0.15, -0.1) is 0 Å². The molecule has 0 aromatic carbocycles. The Morgan fingerprint density at radius 2 is 1.62 bits per heavy atom. The summed E-state index contributed by atoms with van der Waals surface area (Å²) in [5.74, 6) is 3.54. The molecular weight excluding hydrogens is 296 g/mol. The Kier molecular flexibility index (Phi) is 3.36. The van der Waals surface area contributed by atoms with Crippen molar-refractivity contribution in [1.29, 1.82) is 0 Å². The fourth-order valence-corrected chi connectivity index (χ4v) is 8.77. The van der Waals surface area contributed by atoms with E-state index in [4.69, 9.17) is 4.74 Å². The minimum atomic E-state index is -0.0272. The largest absolute Gasteiger partial charge is 0.393 e. The Balaban J connectivity index is 1.49. The number of hydrogen-bond donors (Lipinski definition) is 1. The molecule has 0 aromatic heterocycles. The fourth-order valence-electron chi connectivity index (χ4n) is 8.77. The number of methoxy groups -OCH3 is 1. The average molecular weight is 333 g/mol. The molecule has 0 heterocycles. The Labute approximate surface area is 147 Å². The lowest BCUT2D eigenvalue weighted by Gasteiger charge is -2.45. The van der Waals surface area contributed by atoms with E-state index in [1.807, 2.05) is 7.11 Å². The topological polar surface area (TPSA) is 29.5 Å². The SMILES string of the molecule is CO[C@H]1CC[C@]2(C)CCC3[C@H]4C[C@]5(C)CC[C@H](O)C[C@H]5CCC34[C@@H]12. The summed E-state index contributed by atoms with van der Waals surface area (Å²) in [5.41, 5.74) is 1.65. The van der Waals surface area contributed by atoms with Crippen LogP contribution in [0.15, 0.2) is 0 Å². The zero-order valence-corrected chi connectivity index (χ0v) is 15.9. The van der Waals surface area contributed by atoms with Crippen LogP contribution in [-0.4, -0.2) is 24.4 Å². The van der Waals surface area contributed by atoms with Gasteiger partial charge in [0.05, 0.1) is 12.2 Å². The third-order valence-electron chi connectivity index (χ3n) is 9.99. The van der Waals surface area contributed by atoms with Gasteiger partial charge in [-0.3, -0.25) is 0 Å². The van der Waals surface area contributed by atoms with E-state index in [2.05, 4.69) is 13.8 Å². The van der Waals surface area contributed by atoms with Crippen molar-refractivity contribution in [3.05, 3.63) is 0 Å². The Morgan fingerprint density at radius 1 is 0.875 bits per heavy atom. The first-order chi connectivity index (χ1) is 11.4. The highest BCUT2D eigenvalue weighted by Gasteiger charge is 2.76. The second kappa shape index (κ2) is 5.00. The maximum atomic E-state index is 10.2. The normalized spacial score (nSPS) is 62.0. The van der Waals surface area contributed by atoms with E-state index in [0.717, 1.165) is 36.5 Å². The number of aliphatic hydroxyl groups excluding tert-OH is 1. The van der Waals surface area contributed by atoms with Gasteiger partial charge in [0.25, 0.3) is 0 Å². The Hall–Kier alpha value is -0.0800. The maximum Gasteiger partial charge on any atom is 0.0610 e. The van der Waals surface area contributed by atoms with Gasteiger partial charge >= 0.3 is 0 Å². The molecule has 1 spiro atoms. The average Bonchev–Trinajstić information content (AvgIpc) is 3.04. The van der Waals surface area contributed by atoms with Crippen molar-refractivity contribution in [2.24, 2.45) is 39.9 Å². The predicted octanol–water partition coefficient (Wildman–Crippen LogP) is 4.80. The molecule has 0 radical (unpaired) electrons. The van der Waals surface area contributed by atoms with Gasteiger partial charge in [0.2, 0.25) is 0 Å². The van der Waals surface area contributed by atoms with Crippen molar-refractivity contribution < 1.29 is 9.84 Å². The number of ether oxygens (including phenoxy) is 1. The van der Waals surface area contributed by atoms with E-state index < -0.39 is 0 Å². The lowest BCUT2D eigenvalue weighted by atomic mass is 9.61. The van der Waals surface area contributed by atoms with E-state index in [9.17, 15) is 5.11 Å². The van der Waals surface area contributed by atoms with Crippen LogP contribution in [0.3, 0.4) is 0 Å². The van der Waals surface area contributed by atoms with Gasteiger partial charge in [-0.25, -0.2) is 0 Å². The first-order valence-corrected chi connectivity index (χ1v) is 10.6. The summed E-state index contributed by atoms with van der Waals surface area (Å²) < 4.78 is 6.05. The molecule has 24 heavy (non-hydrogen) atoms. The molecule has 5 fully saturated rings. The van der Waals surface area contributed by atoms with Crippen LogP contribution in [0.5, 0.6) is 0 Å². The molecule has 1 N–H and O–H groups in total. The van der Waals surface area contributed by atoms with Crippen molar-refractivity contribution >= 4 is 0 Å². The quantitative estimate of drug-likeness (QED) is 0.748. The monoisotopic (exact) mass is 332 g/mol. The van der Waals surface area contributed by atoms with E-state index in [-0.39, 0.29) is 6.10 Å². The van der Waals surface area contributed by atoms with Crippen molar-refractivity contribution in [1.82, 2.24) is 0 Å². The maximum absolute atomic E-state index is 10.2. The van der Waals surface area contributed by atoms with Crippen LogP contribution in [0, 0.1) is 39.9 Å². The van der Waals surface area contributed by atoms with E-state index in [1.54, 1.807) is 0 Å². The summed E-state index contributed by atoms with van der Waals surface area (Å²) in [6.07, 6.45) is 13.7. The van der Waals surface area contributed by atoms with Gasteiger partial charge < -0.3 is 9.84 Å². The molecule has 2 nitrogen and oxygen atoms in total. The molecule has 2 heteroatoms. The summed E-state index contributed by atoms with van der Waals surface area (Å²) in [6.45, 7) is 5.15. The van der Waals surface area contributed by atoms with Gasteiger partial charge in [0.15, 0.2) is 0 Å². The molecule has 0 amide bonds. The summed E-state index contributed by atoms with van der Waals surface area (Å²) in [6, 6.07) is 0. The van der Waals surface area contributed by atoms with E-state index in [1.165, 1.54) is 51.4 Å². The molecule has 5 rings (SSSR count). The summed E-state index contributed by atoms with van der Waals surface area (Å²) >= 11 is 0. The van der Waals surface area contributed by atoms with Crippen molar-refractivity contribution in [2.45, 2.75) is 90.3 Å². The van der Waals surface area contributed by atoms with Crippen LogP contribution >= 0.6 is 0 Å². The molecule has 0 aromatic rings. The summed E-state index contributed by atoms with van der Waals surface area (Å²) in [4.78, 5) is 0. The second-order valence-corrected chi connectivity index (χ2v) is 10.8. The lowest BCUT2D eigenvalue weighted by Crippen LogP contribution is -2.41. The first kappa shape index (κ1) is 16.1. The summed E-state index contributed by atoms with van der Waals surface area (Å²) in [7, 11) is 1.96. The molecular formula is C22H36O2. The van der Waals surface area contributed by atoms with Crippen LogP contribution < -0.4 is 0 Å². The highest BCUT2D eigenvalue weighted by Crippen LogP contribution is 2.81. The standard InChI is InChI=1S/C22H36O2/c1-20-9-6-16-17-13-21(2)8-5-15(23)12-14(21)4-11-22(16,17)19(20)18(24-3)7-10-20/h14-19,23H,4-13H2,1-3H3/t14-,15+,16?,17-,18+,19+,20+,21+,22?/m1/s1. The highest BCUT2D eigenvalue weighted by molar-refractivity contribution is 5.24. The van der Waals surface area contributed by atoms with Crippen LogP contribution in [0.1, 0.15) is 78.1 Å². The highest BCUT2D eigenvalue weighted by atomic mass is 16.5.